The van der Waals surface area contributed by atoms with Crippen molar-refractivity contribution in [2.45, 2.75) is 28.6 Å². The van der Waals surface area contributed by atoms with Gasteiger partial charge in [0.25, 0.3) is 32.1 Å². The smallest absolute Gasteiger partial charge is 0.432 e. The molecule has 174 valence electrons. The van der Waals surface area contributed by atoms with E-state index in [1.54, 1.807) is 0 Å². The Morgan fingerprint density at radius 1 is 0.879 bits per heavy atom. The highest BCUT2D eigenvalue weighted by Gasteiger charge is 2.35. The van der Waals surface area contributed by atoms with Crippen molar-refractivity contribution >= 4 is 38.2 Å². The molecule has 0 spiro atoms. The van der Waals surface area contributed by atoms with Crippen LogP contribution in [0.3, 0.4) is 0 Å². The number of fused-ring (bicyclic) bond motifs is 3. The number of rotatable bonds is 5. The lowest BCUT2D eigenvalue weighted by molar-refractivity contribution is -0.177. The number of benzene rings is 2. The van der Waals surface area contributed by atoms with Crippen molar-refractivity contribution in [1.82, 2.24) is 5.06 Å². The third-order valence-electron chi connectivity index (χ3n) is 5.22. The molecule has 1 saturated heterocycles. The van der Waals surface area contributed by atoms with E-state index in [0.717, 1.165) is 24.3 Å². The van der Waals surface area contributed by atoms with Crippen LogP contribution in [0.4, 0.5) is 4.79 Å². The lowest BCUT2D eigenvalue weighted by atomic mass is 9.98. The van der Waals surface area contributed by atoms with Gasteiger partial charge in [-0.25, -0.2) is 4.79 Å². The summed E-state index contributed by atoms with van der Waals surface area (Å²) >= 11 is 0. The van der Waals surface area contributed by atoms with E-state index in [-0.39, 0.29) is 29.0 Å². The fourth-order valence-electron chi connectivity index (χ4n) is 3.73. The van der Waals surface area contributed by atoms with Crippen molar-refractivity contribution in [1.29, 1.82) is 0 Å². The summed E-state index contributed by atoms with van der Waals surface area (Å²) in [7, 11) is -9.15. The van der Waals surface area contributed by atoms with Gasteiger partial charge in [-0.1, -0.05) is 17.2 Å². The molecule has 2 aromatic carbocycles. The zero-order chi connectivity index (χ0) is 24.1. The van der Waals surface area contributed by atoms with Crippen molar-refractivity contribution in [2.75, 3.05) is 6.61 Å². The van der Waals surface area contributed by atoms with Crippen molar-refractivity contribution < 1.29 is 49.9 Å². The van der Waals surface area contributed by atoms with Gasteiger partial charge in [0, 0.05) is 18.8 Å². The fraction of sp³-hybridized carbons (Fsp3) is 0.211. The van der Waals surface area contributed by atoms with Crippen LogP contribution in [-0.2, 0) is 39.4 Å². The van der Waals surface area contributed by atoms with Crippen molar-refractivity contribution in [2.24, 2.45) is 0 Å². The van der Waals surface area contributed by atoms with Gasteiger partial charge in [-0.05, 0) is 46.5 Å². The number of ether oxygens (including phenoxy) is 1. The highest BCUT2D eigenvalue weighted by atomic mass is 32.2. The molecule has 0 bridgehead atoms. The summed E-state index contributed by atoms with van der Waals surface area (Å²) < 4.78 is 70.1. The number of amides is 2. The predicted octanol–water partition coefficient (Wildman–Crippen LogP) is 1.51. The van der Waals surface area contributed by atoms with Crippen LogP contribution < -0.4 is 0 Å². The minimum Gasteiger partial charge on any atom is -0.432 e. The van der Waals surface area contributed by atoms with Gasteiger partial charge in [0.05, 0.1) is 9.79 Å². The first kappa shape index (κ1) is 22.8. The Hall–Kier alpha value is -3.33. The number of nitrogens with zero attached hydrogens (tertiary/aromatic N) is 1. The Bertz CT molecular complexity index is 1320. The van der Waals surface area contributed by atoms with Gasteiger partial charge >= 0.3 is 6.16 Å². The van der Waals surface area contributed by atoms with Crippen molar-refractivity contribution in [3.63, 3.8) is 0 Å². The number of hydrogen-bond acceptors (Lipinski definition) is 9. The summed E-state index contributed by atoms with van der Waals surface area (Å²) in [4.78, 5) is 39.0. The second kappa shape index (κ2) is 7.91. The molecule has 2 aliphatic rings. The first-order valence-electron chi connectivity index (χ1n) is 9.30. The Labute approximate surface area is 187 Å². The van der Waals surface area contributed by atoms with Crippen LogP contribution in [0.5, 0.6) is 0 Å². The molecule has 0 radical (unpaired) electrons. The molecule has 0 aromatic heterocycles. The standard InChI is InChI=1S/C19H15NO11S2/c21-17-5-6-18(22)20(17)31-19(23)30-9-16-14-7-10(32(24,25)26)1-3-12(14)13-4-2-11(8-15(13)16)33(27,28)29/h1-4,7-8,16H,5-6,9H2,(H,24,25,26)(H,27,28,29). The zero-order valence-corrected chi connectivity index (χ0v) is 18.1. The van der Waals surface area contributed by atoms with Gasteiger partial charge in [-0.3, -0.25) is 23.5 Å². The largest absolute Gasteiger partial charge is 0.533 e. The van der Waals surface area contributed by atoms with Crippen molar-refractivity contribution in [3.8, 4) is 11.1 Å². The van der Waals surface area contributed by atoms with Gasteiger partial charge in [-0.2, -0.15) is 16.8 Å². The van der Waals surface area contributed by atoms with E-state index in [0.29, 0.717) is 11.1 Å². The van der Waals surface area contributed by atoms with E-state index in [2.05, 4.69) is 4.84 Å². The minimum atomic E-state index is -4.58. The SMILES string of the molecule is O=C(OCC1c2cc(S(=O)(=O)O)ccc2-c2ccc(S(=O)(=O)O)cc21)ON1C(=O)CCC1=O. The maximum Gasteiger partial charge on any atom is 0.533 e. The molecule has 0 unspecified atom stereocenters. The monoisotopic (exact) mass is 497 g/mol. The number of hydroxylamine groups is 2. The molecule has 1 aliphatic heterocycles. The highest BCUT2D eigenvalue weighted by molar-refractivity contribution is 7.86. The van der Waals surface area contributed by atoms with Gasteiger partial charge in [0.2, 0.25) is 0 Å². The van der Waals surface area contributed by atoms with E-state index in [9.17, 15) is 40.3 Å². The average molecular weight is 497 g/mol. The van der Waals surface area contributed by atoms with Crippen LogP contribution in [0.25, 0.3) is 11.1 Å². The second-order valence-electron chi connectivity index (χ2n) is 7.23. The molecule has 1 heterocycles. The van der Waals surface area contributed by atoms with E-state index >= 15 is 0 Å². The molecular formula is C19H15NO11S2. The number of carbonyl (C=O) groups excluding carboxylic acids is 3. The van der Waals surface area contributed by atoms with E-state index in [1.165, 1.54) is 12.1 Å². The summed E-state index contributed by atoms with van der Waals surface area (Å²) in [5.41, 5.74) is 1.53. The highest BCUT2D eigenvalue weighted by Crippen LogP contribution is 2.46. The van der Waals surface area contributed by atoms with Crippen LogP contribution in [0, 0.1) is 0 Å². The van der Waals surface area contributed by atoms with Gasteiger partial charge in [-0.15, -0.1) is 0 Å². The summed E-state index contributed by atoms with van der Waals surface area (Å²) in [6, 6.07) is 7.37. The van der Waals surface area contributed by atoms with Crippen LogP contribution in [0.15, 0.2) is 46.2 Å². The molecular weight excluding hydrogens is 482 g/mol. The minimum absolute atomic E-state index is 0.119. The Balaban J connectivity index is 1.68. The fourth-order valence-corrected chi connectivity index (χ4v) is 4.76. The number of imide groups is 1. The maximum atomic E-state index is 12.1. The molecule has 1 fully saturated rings. The summed E-state index contributed by atoms with van der Waals surface area (Å²) in [5, 5.41) is 0.283. The molecule has 2 aromatic rings. The van der Waals surface area contributed by atoms with E-state index < -0.39 is 60.5 Å². The zero-order valence-electron chi connectivity index (χ0n) is 16.5. The first-order valence-corrected chi connectivity index (χ1v) is 12.2. The molecule has 4 rings (SSSR count). The molecule has 14 heteroatoms. The molecule has 2 N–H and O–H groups in total. The Morgan fingerprint density at radius 3 is 1.76 bits per heavy atom. The molecule has 0 saturated carbocycles. The predicted molar refractivity (Wildman–Crippen MR) is 107 cm³/mol. The van der Waals surface area contributed by atoms with E-state index in [1.807, 2.05) is 0 Å². The van der Waals surface area contributed by atoms with Crippen LogP contribution in [-0.4, -0.2) is 55.6 Å². The third kappa shape index (κ3) is 4.32. The maximum absolute atomic E-state index is 12.1. The van der Waals surface area contributed by atoms with Gasteiger partial charge in [0.15, 0.2) is 0 Å². The molecule has 12 nitrogen and oxygen atoms in total. The van der Waals surface area contributed by atoms with Crippen LogP contribution in [0.1, 0.15) is 29.9 Å². The van der Waals surface area contributed by atoms with Crippen molar-refractivity contribution in [3.05, 3.63) is 47.5 Å². The van der Waals surface area contributed by atoms with Gasteiger partial charge in [0.1, 0.15) is 6.61 Å². The number of carbonyl (C=O) groups is 3. The lowest BCUT2D eigenvalue weighted by Gasteiger charge is -2.16. The Kier molecular flexibility index (Phi) is 5.48. The van der Waals surface area contributed by atoms with E-state index in [4.69, 9.17) is 4.74 Å². The average Bonchev–Trinajstić information content (AvgIpc) is 3.21. The van der Waals surface area contributed by atoms with Crippen LogP contribution in [0.2, 0.25) is 0 Å². The van der Waals surface area contributed by atoms with Gasteiger partial charge < -0.3 is 4.74 Å². The molecule has 33 heavy (non-hydrogen) atoms. The summed E-state index contributed by atoms with van der Waals surface area (Å²) in [5.74, 6) is -2.36. The molecule has 0 atom stereocenters. The quantitative estimate of drug-likeness (QED) is 0.347. The van der Waals surface area contributed by atoms with Crippen LogP contribution >= 0.6 is 0 Å². The topological polar surface area (TPSA) is 182 Å². The first-order chi connectivity index (χ1) is 15.4. The summed E-state index contributed by atoms with van der Waals surface area (Å²) in [6.45, 7) is -0.501. The Morgan fingerprint density at radius 2 is 1.33 bits per heavy atom. The molecule has 2 amide bonds. The number of hydrogen-bond donors (Lipinski definition) is 2. The molecule has 1 aliphatic carbocycles. The second-order valence-corrected chi connectivity index (χ2v) is 10.1. The summed E-state index contributed by atoms with van der Waals surface area (Å²) in [6.07, 6.45) is -1.62. The lowest BCUT2D eigenvalue weighted by Crippen LogP contribution is -2.32. The normalized spacial score (nSPS) is 16.0. The third-order valence-corrected chi connectivity index (χ3v) is 6.92.